The van der Waals surface area contributed by atoms with Gasteiger partial charge >= 0.3 is 30.5 Å². The molecular weight excluding hydrogens is 725 g/mol. The Hall–Kier alpha value is -5.67. The molecule has 0 saturated heterocycles. The third kappa shape index (κ3) is 15.1. The fourth-order valence-electron chi connectivity index (χ4n) is 3.63. The van der Waals surface area contributed by atoms with E-state index in [0.717, 1.165) is 19.6 Å². The van der Waals surface area contributed by atoms with Gasteiger partial charge in [0.2, 0.25) is 0 Å². The number of aromatic nitrogens is 2. The van der Waals surface area contributed by atoms with Crippen molar-refractivity contribution < 1.29 is 68.9 Å². The number of pyridine rings is 2. The summed E-state index contributed by atoms with van der Waals surface area (Å²) >= 11 is 0. The number of halogens is 9. The third-order valence-electron chi connectivity index (χ3n) is 6.25. The Morgan fingerprint density at radius 2 is 1.27 bits per heavy atom. The molecule has 3 rings (SSSR count). The molecule has 3 aromatic rings. The number of aliphatic carboxylic acids is 2. The van der Waals surface area contributed by atoms with Gasteiger partial charge in [0.15, 0.2) is 0 Å². The van der Waals surface area contributed by atoms with Crippen molar-refractivity contribution in [2.24, 2.45) is 0 Å². The molecule has 0 spiro atoms. The molecule has 52 heavy (non-hydrogen) atoms. The van der Waals surface area contributed by atoms with E-state index in [1.165, 1.54) is 37.5 Å². The summed E-state index contributed by atoms with van der Waals surface area (Å²) in [5.41, 5.74) is -0.565. The molecule has 286 valence electrons. The van der Waals surface area contributed by atoms with Gasteiger partial charge in [0.05, 0.1) is 28.1 Å². The van der Waals surface area contributed by atoms with Gasteiger partial charge in [0, 0.05) is 38.6 Å². The van der Waals surface area contributed by atoms with E-state index in [0.29, 0.717) is 18.3 Å². The lowest BCUT2D eigenvalue weighted by Crippen LogP contribution is -2.34. The van der Waals surface area contributed by atoms with Crippen LogP contribution in [0.4, 0.5) is 62.5 Å². The van der Waals surface area contributed by atoms with Crippen molar-refractivity contribution in [3.63, 3.8) is 0 Å². The average Bonchev–Trinajstić information content (AvgIpc) is 3.06. The van der Waals surface area contributed by atoms with Crippen LogP contribution in [0.3, 0.4) is 0 Å². The number of carboxylic acids is 2. The zero-order valence-corrected chi connectivity index (χ0v) is 27.3. The fraction of sp³-hybridized carbons (Fsp3) is 0.333. The van der Waals surface area contributed by atoms with E-state index in [1.807, 2.05) is 0 Å². The topological polar surface area (TPSA) is 186 Å². The highest BCUT2D eigenvalue weighted by Gasteiger charge is 2.39. The van der Waals surface area contributed by atoms with Crippen LogP contribution < -0.4 is 21.3 Å². The molecule has 0 atom stereocenters. The number of carboxylic acid groups (broad SMARTS) is 2. The van der Waals surface area contributed by atoms with Crippen LogP contribution in [-0.2, 0) is 15.8 Å². The number of benzene rings is 1. The second kappa shape index (κ2) is 19.7. The van der Waals surface area contributed by atoms with E-state index in [9.17, 15) is 49.1 Å². The molecule has 0 unspecified atom stereocenters. The smallest absolute Gasteiger partial charge is 0.475 e. The lowest BCUT2D eigenvalue weighted by atomic mass is 10.1. The molecule has 0 aliphatic heterocycles. The van der Waals surface area contributed by atoms with E-state index < -0.39 is 41.9 Å². The van der Waals surface area contributed by atoms with E-state index in [1.54, 1.807) is 18.2 Å². The first-order valence-corrected chi connectivity index (χ1v) is 14.5. The first-order valence-electron chi connectivity index (χ1n) is 14.5. The van der Waals surface area contributed by atoms with Gasteiger partial charge in [-0.3, -0.25) is 9.59 Å². The van der Waals surface area contributed by atoms with Crippen molar-refractivity contribution >= 4 is 46.8 Å². The Bertz CT molecular complexity index is 1620. The van der Waals surface area contributed by atoms with Gasteiger partial charge < -0.3 is 36.4 Å². The molecule has 22 heteroatoms. The first kappa shape index (κ1) is 44.4. The molecule has 2 aromatic heterocycles. The molecule has 0 fully saturated rings. The Balaban J connectivity index is 0.000000812. The third-order valence-corrected chi connectivity index (χ3v) is 6.25. The summed E-state index contributed by atoms with van der Waals surface area (Å²) in [6.45, 7) is 7.11. The van der Waals surface area contributed by atoms with Gasteiger partial charge in [-0.05, 0) is 37.4 Å². The normalized spacial score (nSPS) is 11.2. The van der Waals surface area contributed by atoms with Gasteiger partial charge in [0.1, 0.15) is 11.6 Å². The highest BCUT2D eigenvalue weighted by atomic mass is 19.4. The molecule has 2 heterocycles. The number of amides is 2. The molecule has 13 nitrogen and oxygen atoms in total. The Kier molecular flexibility index (Phi) is 16.8. The number of carbonyl (C=O) groups is 4. The number of hydrogen-bond acceptors (Lipinski definition) is 9. The zero-order valence-electron chi connectivity index (χ0n) is 27.3. The minimum Gasteiger partial charge on any atom is -0.475 e. The Morgan fingerprint density at radius 1 is 0.731 bits per heavy atom. The van der Waals surface area contributed by atoms with Gasteiger partial charge in [0.25, 0.3) is 11.8 Å². The summed E-state index contributed by atoms with van der Waals surface area (Å²) in [5, 5.41) is 25.1. The van der Waals surface area contributed by atoms with Crippen LogP contribution in [0.5, 0.6) is 0 Å². The van der Waals surface area contributed by atoms with E-state index in [2.05, 4.69) is 50.0 Å². The highest BCUT2D eigenvalue weighted by Crippen LogP contribution is 2.37. The summed E-state index contributed by atoms with van der Waals surface area (Å²) in [4.78, 5) is 52.6. The second-order valence-corrected chi connectivity index (χ2v) is 9.81. The summed E-state index contributed by atoms with van der Waals surface area (Å²) in [6, 6.07) is 10.5. The second-order valence-electron chi connectivity index (χ2n) is 9.81. The van der Waals surface area contributed by atoms with E-state index in [4.69, 9.17) is 19.8 Å². The predicted molar refractivity (Wildman–Crippen MR) is 167 cm³/mol. The number of rotatable bonds is 11. The van der Waals surface area contributed by atoms with Crippen molar-refractivity contribution in [2.75, 3.05) is 43.9 Å². The number of para-hydroxylation sites is 1. The van der Waals surface area contributed by atoms with Crippen LogP contribution in [-0.4, -0.2) is 94.4 Å². The Morgan fingerprint density at radius 3 is 1.73 bits per heavy atom. The molecule has 0 saturated carbocycles. The quantitative estimate of drug-likeness (QED) is 0.132. The molecule has 0 radical (unpaired) electrons. The number of alkyl halides is 9. The van der Waals surface area contributed by atoms with Crippen molar-refractivity contribution in [1.29, 1.82) is 0 Å². The van der Waals surface area contributed by atoms with Crippen LogP contribution in [0.1, 0.15) is 40.1 Å². The van der Waals surface area contributed by atoms with Crippen LogP contribution in [0, 0.1) is 0 Å². The number of likely N-dealkylation sites (N-methyl/N-ethyl adjacent to an activating group) is 1. The molecule has 6 N–H and O–H groups in total. The minimum atomic E-state index is -5.08. The SMILES string of the molecule is CCN(CC)CCNC(=O)c1ccc(Nc2cc(Nc3ccccc3C(=O)NC)c(C(F)(F)F)cn2)nc1.O=C(O)C(F)(F)F.O=C(O)C(F)(F)F. The molecular formula is C30H32F9N7O6. The lowest BCUT2D eigenvalue weighted by Gasteiger charge is -2.18. The van der Waals surface area contributed by atoms with Gasteiger partial charge in [-0.2, -0.15) is 39.5 Å². The van der Waals surface area contributed by atoms with Crippen LogP contribution in [0.25, 0.3) is 0 Å². The number of hydrogen-bond donors (Lipinski definition) is 6. The van der Waals surface area contributed by atoms with Crippen molar-refractivity contribution in [3.8, 4) is 0 Å². The maximum atomic E-state index is 13.7. The zero-order chi connectivity index (χ0) is 39.9. The number of anilines is 4. The molecule has 1 aromatic carbocycles. The number of carbonyl (C=O) groups excluding carboxylic acids is 2. The van der Waals surface area contributed by atoms with Gasteiger partial charge in [-0.1, -0.05) is 26.0 Å². The largest absolute Gasteiger partial charge is 0.490 e. The molecule has 0 aliphatic carbocycles. The first-order chi connectivity index (χ1) is 24.0. The van der Waals surface area contributed by atoms with Crippen LogP contribution in [0.2, 0.25) is 0 Å². The number of nitrogens with zero attached hydrogens (tertiary/aromatic N) is 3. The maximum Gasteiger partial charge on any atom is 0.490 e. The average molecular weight is 758 g/mol. The summed E-state index contributed by atoms with van der Waals surface area (Å²) in [5.74, 6) is -5.86. The molecule has 0 bridgehead atoms. The van der Waals surface area contributed by atoms with Gasteiger partial charge in [-0.15, -0.1) is 0 Å². The van der Waals surface area contributed by atoms with Crippen molar-refractivity contribution in [1.82, 2.24) is 25.5 Å². The van der Waals surface area contributed by atoms with Crippen molar-refractivity contribution in [3.05, 3.63) is 71.5 Å². The predicted octanol–water partition coefficient (Wildman–Crippen LogP) is 5.68. The van der Waals surface area contributed by atoms with Gasteiger partial charge in [-0.25, -0.2) is 19.6 Å². The summed E-state index contributed by atoms with van der Waals surface area (Å²) in [6.07, 6.45) is -12.8. The minimum absolute atomic E-state index is 0.0850. The van der Waals surface area contributed by atoms with E-state index in [-0.39, 0.29) is 34.5 Å². The lowest BCUT2D eigenvalue weighted by molar-refractivity contribution is -0.193. The van der Waals surface area contributed by atoms with Crippen molar-refractivity contribution in [2.45, 2.75) is 32.4 Å². The standard InChI is InChI=1S/C26H30F3N7O2.2C2HF3O2/c1-4-36(5-2)13-12-31-24(37)17-10-11-22(32-15-17)35-23-14-21(19(16-33-23)26(27,28)29)34-20-9-7-6-8-18(20)25(38)30-3;2*3-2(4,5)1(6)7/h6-11,14-16H,4-5,12-13H2,1-3H3,(H,30,38)(H,31,37)(H2,32,33,34,35);2*(H,6,7). The maximum absolute atomic E-state index is 13.7. The summed E-state index contributed by atoms with van der Waals surface area (Å²) in [7, 11) is 1.43. The summed E-state index contributed by atoms with van der Waals surface area (Å²) < 4.78 is 105. The van der Waals surface area contributed by atoms with Crippen LogP contribution >= 0.6 is 0 Å². The monoisotopic (exact) mass is 757 g/mol. The van der Waals surface area contributed by atoms with Crippen LogP contribution in [0.15, 0.2) is 54.9 Å². The highest BCUT2D eigenvalue weighted by molar-refractivity contribution is 6.00. The van der Waals surface area contributed by atoms with E-state index >= 15 is 0 Å². The molecule has 2 amide bonds. The number of nitrogens with one attached hydrogen (secondary N) is 4. The molecule has 0 aliphatic rings. The fourth-order valence-corrected chi connectivity index (χ4v) is 3.63. The Labute approximate surface area is 289 Å².